The molecule has 1 aromatic rings. The Morgan fingerprint density at radius 1 is 1.32 bits per heavy atom. The van der Waals surface area contributed by atoms with Crippen molar-refractivity contribution in [2.24, 2.45) is 5.73 Å². The highest BCUT2D eigenvalue weighted by atomic mass is 32.2. The fourth-order valence-corrected chi connectivity index (χ4v) is 2.48. The van der Waals surface area contributed by atoms with E-state index in [0.29, 0.717) is 12.1 Å². The zero-order chi connectivity index (χ0) is 14.3. The molecule has 0 saturated heterocycles. The van der Waals surface area contributed by atoms with E-state index in [1.807, 2.05) is 6.07 Å². The van der Waals surface area contributed by atoms with Gasteiger partial charge >= 0.3 is 0 Å². The number of hydrogen-bond acceptors (Lipinski definition) is 4. The normalized spacial score (nSPS) is 12.9. The molecule has 0 aromatic heterocycles. The van der Waals surface area contributed by atoms with Gasteiger partial charge in [0.1, 0.15) is 6.04 Å². The Kier molecular flexibility index (Phi) is 5.94. The lowest BCUT2D eigenvalue weighted by atomic mass is 10.1. The van der Waals surface area contributed by atoms with Crippen molar-refractivity contribution in [3.8, 4) is 0 Å². The van der Waals surface area contributed by atoms with Crippen molar-refractivity contribution in [3.05, 3.63) is 35.9 Å². The molecule has 1 aromatic carbocycles. The summed E-state index contributed by atoms with van der Waals surface area (Å²) < 4.78 is 25.1. The summed E-state index contributed by atoms with van der Waals surface area (Å²) >= 11 is 0. The molecule has 0 spiro atoms. The van der Waals surface area contributed by atoms with Gasteiger partial charge in [-0.1, -0.05) is 37.3 Å². The topological polar surface area (TPSA) is 101 Å². The van der Waals surface area contributed by atoms with Crippen molar-refractivity contribution in [2.75, 3.05) is 18.8 Å². The fraction of sp³-hybridized carbons (Fsp3) is 0.417. The molecule has 6 nitrogen and oxygen atoms in total. The van der Waals surface area contributed by atoms with E-state index in [2.05, 4.69) is 10.0 Å². The van der Waals surface area contributed by atoms with Crippen LogP contribution in [0.1, 0.15) is 18.5 Å². The average molecular weight is 285 g/mol. The summed E-state index contributed by atoms with van der Waals surface area (Å²) in [4.78, 5) is 11.7. The van der Waals surface area contributed by atoms with Gasteiger partial charge < -0.3 is 11.1 Å². The molecular formula is C12H19N3O3S. The van der Waals surface area contributed by atoms with E-state index in [1.54, 1.807) is 31.2 Å². The van der Waals surface area contributed by atoms with Crippen LogP contribution in [0.25, 0.3) is 0 Å². The second kappa shape index (κ2) is 7.22. The first kappa shape index (κ1) is 15.6. The van der Waals surface area contributed by atoms with Crippen molar-refractivity contribution in [1.82, 2.24) is 10.0 Å². The van der Waals surface area contributed by atoms with Crippen LogP contribution in [0.4, 0.5) is 0 Å². The van der Waals surface area contributed by atoms with Crippen LogP contribution in [0, 0.1) is 0 Å². The number of nitrogens with one attached hydrogen (secondary N) is 2. The van der Waals surface area contributed by atoms with Gasteiger partial charge in [0, 0.05) is 13.1 Å². The lowest BCUT2D eigenvalue weighted by Crippen LogP contribution is -2.38. The first-order valence-electron chi connectivity index (χ1n) is 6.02. The third-order valence-electron chi connectivity index (χ3n) is 2.48. The van der Waals surface area contributed by atoms with Crippen LogP contribution in [-0.2, 0) is 14.8 Å². The summed E-state index contributed by atoms with van der Waals surface area (Å²) in [5, 5.41) is 2.51. The zero-order valence-electron chi connectivity index (χ0n) is 10.8. The Balaban J connectivity index is 2.44. The third-order valence-corrected chi connectivity index (χ3v) is 3.95. The van der Waals surface area contributed by atoms with Gasteiger partial charge in [-0.2, -0.15) is 0 Å². The summed E-state index contributed by atoms with van der Waals surface area (Å²) in [6, 6.07) is 8.12. The molecule has 1 amide bonds. The summed E-state index contributed by atoms with van der Waals surface area (Å²) in [5.74, 6) is -0.549. The third kappa shape index (κ3) is 5.37. The molecule has 0 aliphatic heterocycles. The van der Waals surface area contributed by atoms with E-state index >= 15 is 0 Å². The number of carbonyl (C=O) groups is 1. The molecule has 0 radical (unpaired) electrons. The van der Waals surface area contributed by atoms with Crippen LogP contribution in [-0.4, -0.2) is 33.2 Å². The predicted octanol–water partition coefficient (Wildman–Crippen LogP) is -0.258. The Bertz CT molecular complexity index is 502. The maximum atomic E-state index is 11.7. The van der Waals surface area contributed by atoms with Crippen molar-refractivity contribution in [3.63, 3.8) is 0 Å². The van der Waals surface area contributed by atoms with E-state index in [-0.39, 0.29) is 12.3 Å². The molecule has 4 N–H and O–H groups in total. The minimum absolute atomic E-state index is 0.0364. The van der Waals surface area contributed by atoms with Gasteiger partial charge in [-0.25, -0.2) is 13.1 Å². The Labute approximate surface area is 113 Å². The van der Waals surface area contributed by atoms with Crippen LogP contribution in [0.3, 0.4) is 0 Å². The Hall–Kier alpha value is -1.44. The summed E-state index contributed by atoms with van der Waals surface area (Å²) in [6.45, 7) is 2.07. The lowest BCUT2D eigenvalue weighted by molar-refractivity contribution is -0.122. The van der Waals surface area contributed by atoms with Gasteiger partial charge in [0.15, 0.2) is 0 Å². The molecule has 7 heteroatoms. The first-order valence-corrected chi connectivity index (χ1v) is 7.67. The van der Waals surface area contributed by atoms with Gasteiger partial charge in [0.05, 0.1) is 5.75 Å². The number of amides is 1. The molecule has 19 heavy (non-hydrogen) atoms. The van der Waals surface area contributed by atoms with E-state index in [1.165, 1.54) is 0 Å². The molecule has 0 aliphatic rings. The van der Waals surface area contributed by atoms with Gasteiger partial charge in [0.25, 0.3) is 0 Å². The molecule has 0 fully saturated rings. The van der Waals surface area contributed by atoms with Gasteiger partial charge in [-0.15, -0.1) is 0 Å². The lowest BCUT2D eigenvalue weighted by Gasteiger charge is -2.12. The van der Waals surface area contributed by atoms with Crippen molar-refractivity contribution in [2.45, 2.75) is 13.0 Å². The van der Waals surface area contributed by atoms with E-state index in [4.69, 9.17) is 5.73 Å². The standard InChI is InChI=1S/C12H19N3O3S/c1-2-15-19(17,18)9-8-14-12(16)11(13)10-6-4-3-5-7-10/h3-7,11,15H,2,8-9,13H2,1H3,(H,14,16). The van der Waals surface area contributed by atoms with E-state index in [9.17, 15) is 13.2 Å². The SMILES string of the molecule is CCNS(=O)(=O)CCNC(=O)C(N)c1ccccc1. The zero-order valence-corrected chi connectivity index (χ0v) is 11.6. The smallest absolute Gasteiger partial charge is 0.241 e. The monoisotopic (exact) mass is 285 g/mol. The molecule has 1 unspecified atom stereocenters. The summed E-state index contributed by atoms with van der Waals surface area (Å²) in [7, 11) is -3.32. The highest BCUT2D eigenvalue weighted by Gasteiger charge is 2.16. The highest BCUT2D eigenvalue weighted by Crippen LogP contribution is 2.08. The number of sulfonamides is 1. The number of hydrogen-bond donors (Lipinski definition) is 3. The van der Waals surface area contributed by atoms with Crippen LogP contribution in [0.15, 0.2) is 30.3 Å². The fourth-order valence-electron chi connectivity index (χ4n) is 1.52. The summed E-state index contributed by atoms with van der Waals surface area (Å²) in [6.07, 6.45) is 0. The van der Waals surface area contributed by atoms with Crippen LogP contribution in [0.2, 0.25) is 0 Å². The van der Waals surface area contributed by atoms with Gasteiger partial charge in [-0.3, -0.25) is 4.79 Å². The Morgan fingerprint density at radius 3 is 2.53 bits per heavy atom. The second-order valence-electron chi connectivity index (χ2n) is 4.00. The molecule has 106 valence electrons. The first-order chi connectivity index (χ1) is 8.96. The van der Waals surface area contributed by atoms with Crippen molar-refractivity contribution < 1.29 is 13.2 Å². The van der Waals surface area contributed by atoms with Crippen LogP contribution < -0.4 is 15.8 Å². The molecular weight excluding hydrogens is 266 g/mol. The maximum absolute atomic E-state index is 11.7. The minimum Gasteiger partial charge on any atom is -0.353 e. The quantitative estimate of drug-likeness (QED) is 0.642. The number of rotatable bonds is 7. The average Bonchev–Trinajstić information content (AvgIpc) is 2.38. The molecule has 0 bridgehead atoms. The Morgan fingerprint density at radius 2 is 1.95 bits per heavy atom. The highest BCUT2D eigenvalue weighted by molar-refractivity contribution is 7.89. The number of benzene rings is 1. The van der Waals surface area contributed by atoms with Crippen molar-refractivity contribution in [1.29, 1.82) is 0 Å². The van der Waals surface area contributed by atoms with Crippen LogP contribution in [0.5, 0.6) is 0 Å². The maximum Gasteiger partial charge on any atom is 0.241 e. The minimum atomic E-state index is -3.32. The number of carbonyl (C=O) groups excluding carboxylic acids is 1. The van der Waals surface area contributed by atoms with E-state index in [0.717, 1.165) is 0 Å². The van der Waals surface area contributed by atoms with Gasteiger partial charge in [0.2, 0.25) is 15.9 Å². The van der Waals surface area contributed by atoms with Crippen molar-refractivity contribution >= 4 is 15.9 Å². The van der Waals surface area contributed by atoms with Crippen LogP contribution >= 0.6 is 0 Å². The molecule has 0 heterocycles. The molecule has 1 atom stereocenters. The largest absolute Gasteiger partial charge is 0.353 e. The molecule has 1 rings (SSSR count). The van der Waals surface area contributed by atoms with Gasteiger partial charge in [-0.05, 0) is 5.56 Å². The predicted molar refractivity (Wildman–Crippen MR) is 73.8 cm³/mol. The van der Waals surface area contributed by atoms with E-state index < -0.39 is 22.0 Å². The summed E-state index contributed by atoms with van der Waals surface area (Å²) in [5.41, 5.74) is 6.46. The molecule has 0 aliphatic carbocycles. The molecule has 0 saturated carbocycles. The second-order valence-corrected chi connectivity index (χ2v) is 5.92. The number of nitrogens with two attached hydrogens (primary N) is 1.